The first-order valence-corrected chi connectivity index (χ1v) is 8.04. The number of aromatic nitrogens is 3. The van der Waals surface area contributed by atoms with Crippen LogP contribution in [0.4, 0.5) is 0 Å². The molecule has 1 amide bonds. The van der Waals surface area contributed by atoms with Gasteiger partial charge >= 0.3 is 0 Å². The summed E-state index contributed by atoms with van der Waals surface area (Å²) in [4.78, 5) is 12.2. The molecule has 3 rings (SSSR count). The van der Waals surface area contributed by atoms with Crippen LogP contribution in [0.15, 0.2) is 47.1 Å². The van der Waals surface area contributed by atoms with Crippen LogP contribution in [0, 0.1) is 3.57 Å². The monoisotopic (exact) mass is 456 g/mol. The Balaban J connectivity index is 1.78. The molecule has 0 unspecified atom stereocenters. The molecule has 0 aliphatic heterocycles. The Labute approximate surface area is 143 Å². The molecule has 21 heavy (non-hydrogen) atoms. The topological polar surface area (TPSA) is 59.3 Å². The molecule has 0 saturated heterocycles. The molecular formula is C14H10BrIN4O. The van der Waals surface area contributed by atoms with Crippen molar-refractivity contribution in [1.29, 1.82) is 0 Å². The normalized spacial score (nSPS) is 10.8. The fraction of sp³-hybridized carbons (Fsp3) is 0.0714. The summed E-state index contributed by atoms with van der Waals surface area (Å²) in [6.07, 6.45) is 1.87. The van der Waals surface area contributed by atoms with Crippen LogP contribution in [0.2, 0.25) is 0 Å². The quantitative estimate of drug-likeness (QED) is 0.616. The first-order valence-electron chi connectivity index (χ1n) is 6.17. The number of pyridine rings is 1. The van der Waals surface area contributed by atoms with Gasteiger partial charge in [0.15, 0.2) is 11.5 Å². The van der Waals surface area contributed by atoms with Crippen molar-refractivity contribution in [3.05, 3.63) is 62.0 Å². The minimum absolute atomic E-state index is 0.145. The van der Waals surface area contributed by atoms with Crippen LogP contribution in [0.3, 0.4) is 0 Å². The number of nitrogens with zero attached hydrogens (tertiary/aromatic N) is 3. The summed E-state index contributed by atoms with van der Waals surface area (Å²) in [6, 6.07) is 11.3. The lowest BCUT2D eigenvalue weighted by molar-refractivity contribution is 0.0949. The highest BCUT2D eigenvalue weighted by Crippen LogP contribution is 2.19. The lowest BCUT2D eigenvalue weighted by Crippen LogP contribution is -2.24. The zero-order valence-electron chi connectivity index (χ0n) is 10.8. The number of carbonyl (C=O) groups excluding carboxylic acids is 1. The zero-order chi connectivity index (χ0) is 14.8. The molecule has 1 N–H and O–H groups in total. The second-order valence-electron chi connectivity index (χ2n) is 4.35. The molecule has 0 aliphatic carbocycles. The SMILES string of the molecule is O=C(NCc1nnc2ccccn12)c1cc(I)ccc1Br. The van der Waals surface area contributed by atoms with Gasteiger partial charge in [0.1, 0.15) is 0 Å². The molecule has 0 bridgehead atoms. The Morgan fingerprint density at radius 1 is 1.29 bits per heavy atom. The highest BCUT2D eigenvalue weighted by molar-refractivity contribution is 14.1. The van der Waals surface area contributed by atoms with Gasteiger partial charge in [-0.15, -0.1) is 10.2 Å². The number of amides is 1. The number of hydrogen-bond donors (Lipinski definition) is 1. The Bertz CT molecular complexity index is 818. The van der Waals surface area contributed by atoms with E-state index in [0.29, 0.717) is 17.9 Å². The number of rotatable bonds is 3. The van der Waals surface area contributed by atoms with E-state index in [0.717, 1.165) is 13.7 Å². The number of halogens is 2. The Morgan fingerprint density at radius 2 is 2.14 bits per heavy atom. The molecule has 5 nitrogen and oxygen atoms in total. The van der Waals surface area contributed by atoms with Gasteiger partial charge in [-0.2, -0.15) is 0 Å². The highest BCUT2D eigenvalue weighted by Gasteiger charge is 2.12. The Morgan fingerprint density at radius 3 is 3.00 bits per heavy atom. The predicted octanol–water partition coefficient (Wildman–Crippen LogP) is 3.03. The van der Waals surface area contributed by atoms with Gasteiger partial charge < -0.3 is 5.32 Å². The molecule has 0 atom stereocenters. The molecule has 0 radical (unpaired) electrons. The van der Waals surface area contributed by atoms with Gasteiger partial charge in [0.25, 0.3) is 5.91 Å². The molecule has 7 heteroatoms. The minimum Gasteiger partial charge on any atom is -0.345 e. The van der Waals surface area contributed by atoms with Gasteiger partial charge in [-0.05, 0) is 68.9 Å². The molecule has 0 aliphatic rings. The third-order valence-electron chi connectivity index (χ3n) is 2.96. The minimum atomic E-state index is -0.145. The van der Waals surface area contributed by atoms with Crippen molar-refractivity contribution >= 4 is 50.1 Å². The maximum absolute atomic E-state index is 12.2. The second kappa shape index (κ2) is 6.10. The molecule has 3 aromatic rings. The van der Waals surface area contributed by atoms with Crippen molar-refractivity contribution in [1.82, 2.24) is 19.9 Å². The number of fused-ring (bicyclic) bond motifs is 1. The van der Waals surface area contributed by atoms with E-state index in [1.54, 1.807) is 0 Å². The van der Waals surface area contributed by atoms with Gasteiger partial charge in [0.05, 0.1) is 12.1 Å². The molecule has 106 valence electrons. The van der Waals surface area contributed by atoms with E-state index >= 15 is 0 Å². The van der Waals surface area contributed by atoms with E-state index in [1.165, 1.54) is 0 Å². The van der Waals surface area contributed by atoms with Gasteiger partial charge in [0, 0.05) is 14.2 Å². The Kier molecular flexibility index (Phi) is 4.20. The van der Waals surface area contributed by atoms with Crippen molar-refractivity contribution in [3.63, 3.8) is 0 Å². The van der Waals surface area contributed by atoms with Crippen LogP contribution in [0.25, 0.3) is 5.65 Å². The van der Waals surface area contributed by atoms with Crippen LogP contribution >= 0.6 is 38.5 Å². The third-order valence-corrected chi connectivity index (χ3v) is 4.33. The fourth-order valence-electron chi connectivity index (χ4n) is 1.94. The highest BCUT2D eigenvalue weighted by atomic mass is 127. The lowest BCUT2D eigenvalue weighted by atomic mass is 10.2. The van der Waals surface area contributed by atoms with E-state index in [-0.39, 0.29) is 5.91 Å². The summed E-state index contributed by atoms with van der Waals surface area (Å²) in [5, 5.41) is 11.0. The number of benzene rings is 1. The van der Waals surface area contributed by atoms with E-state index in [1.807, 2.05) is 47.0 Å². The molecule has 0 spiro atoms. The molecule has 1 aromatic carbocycles. The summed E-state index contributed by atoms with van der Waals surface area (Å²) in [5.41, 5.74) is 1.37. The average Bonchev–Trinajstić information content (AvgIpc) is 2.90. The smallest absolute Gasteiger partial charge is 0.252 e. The first kappa shape index (κ1) is 14.5. The third kappa shape index (κ3) is 3.08. The van der Waals surface area contributed by atoms with Gasteiger partial charge in [-0.3, -0.25) is 9.20 Å². The van der Waals surface area contributed by atoms with Crippen LogP contribution in [0.5, 0.6) is 0 Å². The Hall–Kier alpha value is -1.48. The summed E-state index contributed by atoms with van der Waals surface area (Å²) in [6.45, 7) is 0.321. The predicted molar refractivity (Wildman–Crippen MR) is 91.0 cm³/mol. The summed E-state index contributed by atoms with van der Waals surface area (Å²) in [5.74, 6) is 0.550. The van der Waals surface area contributed by atoms with Crippen LogP contribution in [-0.4, -0.2) is 20.5 Å². The maximum Gasteiger partial charge on any atom is 0.252 e. The molecule has 0 fully saturated rings. The molecule has 2 aromatic heterocycles. The number of carbonyl (C=O) groups is 1. The van der Waals surface area contributed by atoms with Gasteiger partial charge in [-0.1, -0.05) is 6.07 Å². The maximum atomic E-state index is 12.2. The second-order valence-corrected chi connectivity index (χ2v) is 6.45. The average molecular weight is 457 g/mol. The summed E-state index contributed by atoms with van der Waals surface area (Å²) < 4.78 is 3.63. The molecule has 2 heterocycles. The lowest BCUT2D eigenvalue weighted by Gasteiger charge is -2.06. The van der Waals surface area contributed by atoms with Crippen LogP contribution in [0.1, 0.15) is 16.2 Å². The van der Waals surface area contributed by atoms with Crippen molar-refractivity contribution in [3.8, 4) is 0 Å². The first-order chi connectivity index (χ1) is 10.1. The standard InChI is InChI=1S/C14H10BrIN4O/c15-11-5-4-9(16)7-10(11)14(21)17-8-13-19-18-12-3-1-2-6-20(12)13/h1-7H,8H2,(H,17,21). The van der Waals surface area contributed by atoms with Gasteiger partial charge in [-0.25, -0.2) is 0 Å². The van der Waals surface area contributed by atoms with Crippen molar-refractivity contribution in [2.45, 2.75) is 6.54 Å². The summed E-state index contributed by atoms with van der Waals surface area (Å²) in [7, 11) is 0. The van der Waals surface area contributed by atoms with Crippen molar-refractivity contribution < 1.29 is 4.79 Å². The zero-order valence-corrected chi connectivity index (χ0v) is 14.5. The fourth-order valence-corrected chi connectivity index (χ4v) is 2.86. The van der Waals surface area contributed by atoms with E-state index in [9.17, 15) is 4.79 Å². The van der Waals surface area contributed by atoms with Gasteiger partial charge in [0.2, 0.25) is 0 Å². The molecular weight excluding hydrogens is 447 g/mol. The summed E-state index contributed by atoms with van der Waals surface area (Å²) >= 11 is 5.57. The van der Waals surface area contributed by atoms with Crippen LogP contribution in [-0.2, 0) is 6.54 Å². The van der Waals surface area contributed by atoms with Crippen molar-refractivity contribution in [2.75, 3.05) is 0 Å². The number of nitrogens with one attached hydrogen (secondary N) is 1. The van der Waals surface area contributed by atoms with Crippen molar-refractivity contribution in [2.24, 2.45) is 0 Å². The van der Waals surface area contributed by atoms with Crippen LogP contribution < -0.4 is 5.32 Å². The van der Waals surface area contributed by atoms with E-state index < -0.39 is 0 Å². The largest absolute Gasteiger partial charge is 0.345 e. The van der Waals surface area contributed by atoms with E-state index in [2.05, 4.69) is 54.0 Å². The number of hydrogen-bond acceptors (Lipinski definition) is 3. The van der Waals surface area contributed by atoms with E-state index in [4.69, 9.17) is 0 Å². The molecule has 0 saturated carbocycles.